The molecule has 3 nitrogen and oxygen atoms in total. The number of benzene rings is 1. The summed E-state index contributed by atoms with van der Waals surface area (Å²) in [4.78, 5) is 11.2. The summed E-state index contributed by atoms with van der Waals surface area (Å²) in [5, 5.41) is 1.63. The van der Waals surface area contributed by atoms with Crippen LogP contribution in [0.1, 0.15) is 9.67 Å². The lowest BCUT2D eigenvalue weighted by Crippen LogP contribution is -2.17. The van der Waals surface area contributed by atoms with E-state index in [4.69, 9.17) is 0 Å². The second-order valence-electron chi connectivity index (χ2n) is 3.73. The molecule has 7 heteroatoms. The maximum atomic E-state index is 13.4. The number of hydrogen-bond donors (Lipinski definition) is 0. The zero-order valence-electron chi connectivity index (χ0n) is 9.47. The number of thiophene rings is 1. The van der Waals surface area contributed by atoms with Crippen molar-refractivity contribution in [1.29, 1.82) is 0 Å². The molecule has 0 spiro atoms. The van der Waals surface area contributed by atoms with E-state index in [1.807, 2.05) is 0 Å². The first-order chi connectivity index (χ1) is 8.90. The van der Waals surface area contributed by atoms with E-state index in [-0.39, 0.29) is 4.88 Å². The van der Waals surface area contributed by atoms with Gasteiger partial charge < -0.3 is 0 Å². The lowest BCUT2D eigenvalue weighted by Gasteiger charge is -2.04. The van der Waals surface area contributed by atoms with Gasteiger partial charge in [0, 0.05) is 0 Å². The summed E-state index contributed by atoms with van der Waals surface area (Å²) in [6.07, 6.45) is 0. The van der Waals surface area contributed by atoms with E-state index in [1.165, 1.54) is 6.07 Å². The standard InChI is InChI=1S/C12H8F2O3S2/c13-8-3-4-9(14)12(6-8)19(16,17)7-10(15)11-2-1-5-18-11/h1-6H,7H2. The number of carbonyl (C=O) groups excluding carboxylic acids is 1. The zero-order valence-corrected chi connectivity index (χ0v) is 11.1. The minimum Gasteiger partial charge on any atom is -0.292 e. The highest BCUT2D eigenvalue weighted by Crippen LogP contribution is 2.19. The van der Waals surface area contributed by atoms with Crippen molar-refractivity contribution >= 4 is 27.0 Å². The highest BCUT2D eigenvalue weighted by atomic mass is 32.2. The summed E-state index contributed by atoms with van der Waals surface area (Å²) >= 11 is 1.09. The Bertz CT molecular complexity index is 707. The molecule has 0 bridgehead atoms. The maximum Gasteiger partial charge on any atom is 0.188 e. The molecule has 0 aliphatic rings. The summed E-state index contributed by atoms with van der Waals surface area (Å²) in [5.41, 5.74) is 0. The van der Waals surface area contributed by atoms with Gasteiger partial charge in [-0.3, -0.25) is 4.79 Å². The molecule has 19 heavy (non-hydrogen) atoms. The number of carbonyl (C=O) groups is 1. The summed E-state index contributed by atoms with van der Waals surface area (Å²) in [6, 6.07) is 5.19. The molecule has 0 saturated heterocycles. The highest BCUT2D eigenvalue weighted by molar-refractivity contribution is 7.92. The van der Waals surface area contributed by atoms with Crippen LogP contribution in [-0.2, 0) is 9.84 Å². The van der Waals surface area contributed by atoms with E-state index in [0.29, 0.717) is 6.07 Å². The van der Waals surface area contributed by atoms with Gasteiger partial charge in [-0.15, -0.1) is 11.3 Å². The summed E-state index contributed by atoms with van der Waals surface area (Å²) in [7, 11) is -4.20. The average Bonchev–Trinajstić information content (AvgIpc) is 2.85. The smallest absolute Gasteiger partial charge is 0.188 e. The molecule has 0 N–H and O–H groups in total. The molecule has 0 amide bonds. The SMILES string of the molecule is O=C(CS(=O)(=O)c1cc(F)ccc1F)c1cccs1. The van der Waals surface area contributed by atoms with Gasteiger partial charge in [-0.2, -0.15) is 0 Å². The number of sulfone groups is 1. The third-order valence-electron chi connectivity index (χ3n) is 2.35. The van der Waals surface area contributed by atoms with Crippen LogP contribution in [-0.4, -0.2) is 20.0 Å². The normalized spacial score (nSPS) is 11.5. The van der Waals surface area contributed by atoms with Crippen molar-refractivity contribution in [2.24, 2.45) is 0 Å². The van der Waals surface area contributed by atoms with Crippen molar-refractivity contribution in [3.63, 3.8) is 0 Å². The fourth-order valence-electron chi connectivity index (χ4n) is 1.47. The van der Waals surface area contributed by atoms with Crippen molar-refractivity contribution in [2.75, 3.05) is 5.75 Å². The Morgan fingerprint density at radius 3 is 2.58 bits per heavy atom. The maximum absolute atomic E-state index is 13.4. The quantitative estimate of drug-likeness (QED) is 0.816. The molecule has 0 fully saturated rings. The van der Waals surface area contributed by atoms with Crippen molar-refractivity contribution in [1.82, 2.24) is 0 Å². The molecule has 0 radical (unpaired) electrons. The van der Waals surface area contributed by atoms with Gasteiger partial charge in [0.2, 0.25) is 0 Å². The van der Waals surface area contributed by atoms with Crippen LogP contribution in [0.5, 0.6) is 0 Å². The Morgan fingerprint density at radius 2 is 1.95 bits per heavy atom. The Labute approximate surface area is 112 Å². The molecule has 100 valence electrons. The first-order valence-electron chi connectivity index (χ1n) is 5.14. The van der Waals surface area contributed by atoms with Gasteiger partial charge in [-0.05, 0) is 29.6 Å². The molecule has 2 rings (SSSR count). The van der Waals surface area contributed by atoms with Gasteiger partial charge >= 0.3 is 0 Å². The first-order valence-corrected chi connectivity index (χ1v) is 7.68. The van der Waals surface area contributed by atoms with Gasteiger partial charge in [-0.25, -0.2) is 17.2 Å². The van der Waals surface area contributed by atoms with Crippen molar-refractivity contribution in [3.05, 3.63) is 52.2 Å². The minimum atomic E-state index is -4.20. The van der Waals surface area contributed by atoms with E-state index in [0.717, 1.165) is 23.5 Å². The predicted molar refractivity (Wildman–Crippen MR) is 67.1 cm³/mol. The number of Topliss-reactive ketones (excluding diaryl/α,β-unsaturated/α-hetero) is 1. The molecule has 2 aromatic rings. The first kappa shape index (κ1) is 13.8. The second kappa shape index (κ2) is 5.18. The minimum absolute atomic E-state index is 0.264. The third kappa shape index (κ3) is 3.05. The van der Waals surface area contributed by atoms with Gasteiger partial charge in [0.1, 0.15) is 22.3 Å². The van der Waals surface area contributed by atoms with Crippen LogP contribution < -0.4 is 0 Å². The second-order valence-corrected chi connectivity index (χ2v) is 6.64. The molecule has 0 aliphatic heterocycles. The monoisotopic (exact) mass is 302 g/mol. The summed E-state index contributed by atoms with van der Waals surface area (Å²) in [5.74, 6) is -3.46. The highest BCUT2D eigenvalue weighted by Gasteiger charge is 2.24. The Kier molecular flexibility index (Phi) is 3.77. The van der Waals surface area contributed by atoms with Crippen LogP contribution >= 0.6 is 11.3 Å². The molecular formula is C12H8F2O3S2. The molecule has 1 aromatic heterocycles. The van der Waals surface area contributed by atoms with Gasteiger partial charge in [0.15, 0.2) is 15.6 Å². The molecule has 1 aromatic carbocycles. The summed E-state index contributed by atoms with van der Waals surface area (Å²) in [6.45, 7) is 0. The Morgan fingerprint density at radius 1 is 1.21 bits per heavy atom. The van der Waals surface area contributed by atoms with Gasteiger partial charge in [0.25, 0.3) is 0 Å². The lowest BCUT2D eigenvalue weighted by molar-refractivity contribution is 0.102. The fourth-order valence-corrected chi connectivity index (χ4v) is 3.54. The average molecular weight is 302 g/mol. The molecular weight excluding hydrogens is 294 g/mol. The number of rotatable bonds is 4. The largest absolute Gasteiger partial charge is 0.292 e. The van der Waals surface area contributed by atoms with Crippen molar-refractivity contribution in [2.45, 2.75) is 4.90 Å². The van der Waals surface area contributed by atoms with E-state index in [2.05, 4.69) is 0 Å². The van der Waals surface area contributed by atoms with Crippen LogP contribution in [0.2, 0.25) is 0 Å². The summed E-state index contributed by atoms with van der Waals surface area (Å²) < 4.78 is 50.2. The molecule has 0 aliphatic carbocycles. The molecule has 0 atom stereocenters. The van der Waals surface area contributed by atoms with Crippen LogP contribution in [0, 0.1) is 11.6 Å². The molecule has 1 heterocycles. The van der Waals surface area contributed by atoms with Gasteiger partial charge in [-0.1, -0.05) is 6.07 Å². The van der Waals surface area contributed by atoms with Crippen LogP contribution in [0.15, 0.2) is 40.6 Å². The number of halogens is 2. The van der Waals surface area contributed by atoms with Gasteiger partial charge in [0.05, 0.1) is 4.88 Å². The van der Waals surface area contributed by atoms with Crippen LogP contribution in [0.3, 0.4) is 0 Å². The number of ketones is 1. The van der Waals surface area contributed by atoms with Crippen LogP contribution in [0.25, 0.3) is 0 Å². The van der Waals surface area contributed by atoms with E-state index in [1.54, 1.807) is 11.4 Å². The Balaban J connectivity index is 2.33. The zero-order chi connectivity index (χ0) is 14.0. The topological polar surface area (TPSA) is 51.2 Å². The van der Waals surface area contributed by atoms with Crippen LogP contribution in [0.4, 0.5) is 8.78 Å². The third-order valence-corrected chi connectivity index (χ3v) is 4.88. The predicted octanol–water partition coefficient (Wildman–Crippen LogP) is 2.68. The molecule has 0 unspecified atom stereocenters. The number of hydrogen-bond acceptors (Lipinski definition) is 4. The van der Waals surface area contributed by atoms with E-state index < -0.39 is 37.9 Å². The lowest BCUT2D eigenvalue weighted by atomic mass is 10.3. The van der Waals surface area contributed by atoms with Crippen molar-refractivity contribution in [3.8, 4) is 0 Å². The molecule has 0 saturated carbocycles. The van der Waals surface area contributed by atoms with E-state index in [9.17, 15) is 22.0 Å². The van der Waals surface area contributed by atoms with E-state index >= 15 is 0 Å². The Hall–Kier alpha value is -1.60. The van der Waals surface area contributed by atoms with Crippen molar-refractivity contribution < 1.29 is 22.0 Å². The fraction of sp³-hybridized carbons (Fsp3) is 0.0833.